The molecule has 0 N–H and O–H groups in total. The maximum absolute atomic E-state index is 5.66. The summed E-state index contributed by atoms with van der Waals surface area (Å²) in [5.41, 5.74) is 45.6. The van der Waals surface area contributed by atoms with E-state index in [-0.39, 0.29) is 21.7 Å². The van der Waals surface area contributed by atoms with Gasteiger partial charge in [-0.1, -0.05) is 419 Å². The van der Waals surface area contributed by atoms with E-state index < -0.39 is 0 Å². The molecule has 0 spiro atoms. The van der Waals surface area contributed by atoms with E-state index in [2.05, 4.69) is 419 Å². The molecule has 0 bridgehead atoms. The summed E-state index contributed by atoms with van der Waals surface area (Å²) in [6.07, 6.45) is 0. The molecular formula is C130H94N6. The first-order valence-corrected chi connectivity index (χ1v) is 47.3. The second-order valence-electron chi connectivity index (χ2n) is 39.1. The van der Waals surface area contributed by atoms with Gasteiger partial charge in [0.15, 0.2) is 17.5 Å². The summed E-state index contributed by atoms with van der Waals surface area (Å²) in [6.45, 7) is 18.8. The van der Waals surface area contributed by atoms with Gasteiger partial charge in [0.2, 0.25) is 0 Å². The lowest BCUT2D eigenvalue weighted by molar-refractivity contribution is 0.660. The Balaban J connectivity index is 0.000000145. The minimum absolute atomic E-state index is 0.109. The zero-order valence-electron chi connectivity index (χ0n) is 77.1. The number of pyridine rings is 3. The zero-order chi connectivity index (χ0) is 91.5. The largest absolute Gasteiger partial charge is 0.248 e. The van der Waals surface area contributed by atoms with Gasteiger partial charge in [-0.25, -0.2) is 29.9 Å². The number of hydrogen-bond donors (Lipinski definition) is 0. The third-order valence-corrected chi connectivity index (χ3v) is 29.8. The maximum Gasteiger partial charge on any atom is 0.164 e. The molecule has 644 valence electrons. The smallest absolute Gasteiger partial charge is 0.164 e. The Kier molecular flexibility index (Phi) is 18.9. The summed E-state index contributed by atoms with van der Waals surface area (Å²) in [7, 11) is 0. The van der Waals surface area contributed by atoms with Crippen molar-refractivity contribution in [3.8, 4) is 179 Å². The van der Waals surface area contributed by atoms with Crippen LogP contribution in [0.3, 0.4) is 0 Å². The lowest BCUT2D eigenvalue weighted by Gasteiger charge is -2.22. The van der Waals surface area contributed by atoms with Crippen LogP contribution in [0.5, 0.6) is 0 Å². The van der Waals surface area contributed by atoms with Gasteiger partial charge in [0.1, 0.15) is 0 Å². The predicted molar refractivity (Wildman–Crippen MR) is 565 cm³/mol. The molecular weight excluding hydrogens is 1650 g/mol. The summed E-state index contributed by atoms with van der Waals surface area (Å²) < 4.78 is 0. The molecule has 0 fully saturated rings. The highest BCUT2D eigenvalue weighted by molar-refractivity contribution is 6.18. The van der Waals surface area contributed by atoms with Crippen LogP contribution in [0.2, 0.25) is 0 Å². The van der Waals surface area contributed by atoms with Crippen LogP contribution < -0.4 is 0 Å². The standard InChI is InChI=1S/C66H48N2.C64H46N4/c1-65(2)57-25-15-13-22-49(57)51-33-31-45(35-59(51)65)54-39-56-55(42-29-27-41(28-30-42)47-37-61(43-17-7-5-8-18-43)67-62(38-47)44-19-9-6-10-20-44)40-63(68-64(56)53-24-12-11-21-48(53)54)46-32-34-52-50-23-14-16-26-58(50)66(3,4)60(52)36-46;1-63(2)54-25-15-13-22-46(54)48-33-31-43(35-56(48)63)51-37-53-52(39-27-29-42(30-28-39)62-67-60(40-17-7-5-8-18-40)66-61(68-62)41-19-9-6-10-20-41)38-58(65-59(53)50-24-12-11-21-45(50)51)44-32-34-49-47-23-14-16-26-55(47)64(3,4)57(49)36-44/h5-40H,1-4H3;5-38H,1-4H3. The molecule has 0 aliphatic heterocycles. The lowest BCUT2D eigenvalue weighted by Crippen LogP contribution is -2.15. The van der Waals surface area contributed by atoms with Gasteiger partial charge in [0, 0.05) is 82.1 Å². The normalized spacial score (nSPS) is 13.8. The van der Waals surface area contributed by atoms with E-state index in [0.717, 1.165) is 128 Å². The first-order valence-electron chi connectivity index (χ1n) is 47.3. The van der Waals surface area contributed by atoms with Crippen molar-refractivity contribution in [1.29, 1.82) is 0 Å². The molecule has 0 atom stereocenters. The number of hydrogen-bond acceptors (Lipinski definition) is 6. The lowest BCUT2D eigenvalue weighted by atomic mass is 9.81. The Morgan fingerprint density at radius 1 is 0.132 bits per heavy atom. The van der Waals surface area contributed by atoms with Crippen molar-refractivity contribution in [3.05, 3.63) is 469 Å². The van der Waals surface area contributed by atoms with Crippen molar-refractivity contribution >= 4 is 43.4 Å². The first-order chi connectivity index (χ1) is 66.4. The van der Waals surface area contributed by atoms with Gasteiger partial charge in [-0.15, -0.1) is 0 Å². The highest BCUT2D eigenvalue weighted by Crippen LogP contribution is 2.56. The minimum atomic E-state index is -0.138. The SMILES string of the molecule is CC1(C)c2ccccc2-c2ccc(-c3cc(-c4ccc(-c5cc(-c6ccccc6)nc(-c6ccccc6)c5)cc4)c4cc(-c5ccc6c(c5)C(C)(C)c5ccccc5-6)c5ccccc5c4n3)cc21.CC1(C)c2ccccc2-c2ccc(-c3cc(-c4ccc(-c5nc(-c6ccccc6)nc(-c6ccccc6)n5)cc4)c4cc(-c5ccc6c(c5)C(C)(C)c5ccccc5-6)c5ccccc5c4n3)cc21. The van der Waals surface area contributed by atoms with Gasteiger partial charge in [-0.2, -0.15) is 0 Å². The van der Waals surface area contributed by atoms with Crippen LogP contribution >= 0.6 is 0 Å². The summed E-state index contributed by atoms with van der Waals surface area (Å²) in [5, 5.41) is 6.90. The van der Waals surface area contributed by atoms with Crippen LogP contribution in [-0.4, -0.2) is 29.9 Å². The van der Waals surface area contributed by atoms with E-state index in [9.17, 15) is 0 Å². The van der Waals surface area contributed by atoms with Crippen LogP contribution in [0.1, 0.15) is 99.9 Å². The fourth-order valence-corrected chi connectivity index (χ4v) is 22.6. The number of rotatable bonds is 12. The second-order valence-corrected chi connectivity index (χ2v) is 39.1. The Hall–Kier alpha value is -16.5. The number of benzene rings is 18. The summed E-state index contributed by atoms with van der Waals surface area (Å²) in [6, 6.07) is 154. The quantitative estimate of drug-likeness (QED) is 0.113. The van der Waals surface area contributed by atoms with Gasteiger partial charge >= 0.3 is 0 Å². The predicted octanol–water partition coefficient (Wildman–Crippen LogP) is 33.6. The summed E-state index contributed by atoms with van der Waals surface area (Å²) in [4.78, 5) is 31.5. The van der Waals surface area contributed by atoms with Crippen LogP contribution in [0.15, 0.2) is 425 Å². The highest BCUT2D eigenvalue weighted by atomic mass is 15.0. The number of nitrogens with zero attached hydrogens (tertiary/aromatic N) is 6. The van der Waals surface area contributed by atoms with Gasteiger partial charge in [-0.3, -0.25) is 0 Å². The zero-order valence-corrected chi connectivity index (χ0v) is 77.1. The van der Waals surface area contributed by atoms with Crippen molar-refractivity contribution in [1.82, 2.24) is 29.9 Å². The van der Waals surface area contributed by atoms with E-state index in [0.29, 0.717) is 17.5 Å². The molecule has 136 heavy (non-hydrogen) atoms. The van der Waals surface area contributed by atoms with Crippen molar-refractivity contribution in [2.45, 2.75) is 77.0 Å². The molecule has 18 aromatic carbocycles. The first kappa shape index (κ1) is 81.5. The third kappa shape index (κ3) is 13.3. The molecule has 4 aromatic heterocycles. The molecule has 6 nitrogen and oxygen atoms in total. The van der Waals surface area contributed by atoms with Gasteiger partial charge in [-0.05, 0) is 216 Å². The van der Waals surface area contributed by atoms with E-state index in [4.69, 9.17) is 29.9 Å². The Morgan fingerprint density at radius 2 is 0.375 bits per heavy atom. The molecule has 4 heterocycles. The maximum atomic E-state index is 5.66. The van der Waals surface area contributed by atoms with E-state index in [1.807, 2.05) is 60.7 Å². The Labute approximate surface area is 793 Å². The molecule has 4 aliphatic rings. The molecule has 0 saturated carbocycles. The van der Waals surface area contributed by atoms with Crippen molar-refractivity contribution in [2.24, 2.45) is 0 Å². The second kappa shape index (κ2) is 31.6. The van der Waals surface area contributed by atoms with Crippen molar-refractivity contribution in [2.75, 3.05) is 0 Å². The molecule has 26 rings (SSSR count). The molecule has 0 radical (unpaired) electrons. The topological polar surface area (TPSA) is 77.3 Å². The third-order valence-electron chi connectivity index (χ3n) is 29.8. The molecule has 0 saturated heterocycles. The fraction of sp³-hybridized carbons (Fsp3) is 0.0923. The molecule has 22 aromatic rings. The van der Waals surface area contributed by atoms with Crippen molar-refractivity contribution in [3.63, 3.8) is 0 Å². The van der Waals surface area contributed by atoms with Gasteiger partial charge in [0.25, 0.3) is 0 Å². The Bertz CT molecular complexity index is 8050. The molecule has 0 amide bonds. The highest BCUT2D eigenvalue weighted by Gasteiger charge is 2.40. The van der Waals surface area contributed by atoms with E-state index in [1.165, 1.54) is 122 Å². The molecule has 0 unspecified atom stereocenters. The van der Waals surface area contributed by atoms with Crippen LogP contribution in [-0.2, 0) is 21.7 Å². The van der Waals surface area contributed by atoms with Crippen molar-refractivity contribution < 1.29 is 0 Å². The number of aromatic nitrogens is 6. The van der Waals surface area contributed by atoms with Crippen LogP contribution in [0, 0.1) is 0 Å². The number of fused-ring (bicyclic) bond motifs is 18. The fourth-order valence-electron chi connectivity index (χ4n) is 22.6. The summed E-state index contributed by atoms with van der Waals surface area (Å²) >= 11 is 0. The monoisotopic (exact) mass is 1740 g/mol. The van der Waals surface area contributed by atoms with Gasteiger partial charge in [0.05, 0.1) is 33.8 Å². The summed E-state index contributed by atoms with van der Waals surface area (Å²) in [5.74, 6) is 1.91. The van der Waals surface area contributed by atoms with Crippen LogP contribution in [0.4, 0.5) is 0 Å². The Morgan fingerprint density at radius 3 is 0.721 bits per heavy atom. The van der Waals surface area contributed by atoms with Crippen LogP contribution in [0.25, 0.3) is 223 Å². The van der Waals surface area contributed by atoms with E-state index >= 15 is 0 Å². The minimum Gasteiger partial charge on any atom is -0.248 e. The average molecular weight is 1740 g/mol. The van der Waals surface area contributed by atoms with E-state index in [1.54, 1.807) is 0 Å². The molecule has 6 heteroatoms. The average Bonchev–Trinajstić information content (AvgIpc) is 1.74. The molecule has 4 aliphatic carbocycles. The van der Waals surface area contributed by atoms with Gasteiger partial charge < -0.3 is 0 Å².